The monoisotopic (exact) mass is 1420 g/mol. The van der Waals surface area contributed by atoms with E-state index in [0.29, 0.717) is 40.8 Å². The van der Waals surface area contributed by atoms with Gasteiger partial charge in [0.25, 0.3) is 0 Å². The number of aliphatic imine (C=N–C) groups is 1. The van der Waals surface area contributed by atoms with Gasteiger partial charge in [-0.25, -0.2) is 0 Å². The quantitative estimate of drug-likeness (QED) is 0.123. The molecule has 1 fully saturated rings. The third-order valence-corrected chi connectivity index (χ3v) is 21.2. The van der Waals surface area contributed by atoms with Crippen LogP contribution in [0.2, 0.25) is 0 Å². The molecule has 7 heterocycles. The molecule has 4 aliphatic heterocycles. The number of likely N-dealkylation sites (tertiary alicyclic amines) is 1. The maximum atomic E-state index is 5.27. The second-order valence-corrected chi connectivity index (χ2v) is 31.6. The average molecular weight is 1420 g/mol. The van der Waals surface area contributed by atoms with E-state index in [1.165, 1.54) is 169 Å². The summed E-state index contributed by atoms with van der Waals surface area (Å²) in [6, 6.07) is 4.17. The van der Waals surface area contributed by atoms with Crippen LogP contribution in [0.3, 0.4) is 0 Å². The minimum Gasteiger partial charge on any atom is -0.494 e. The number of hydrogen-bond donors (Lipinski definition) is 0. The summed E-state index contributed by atoms with van der Waals surface area (Å²) in [6.45, 7) is 77.2. The maximum Gasteiger partial charge on any atom is 0.118 e. The minimum atomic E-state index is 0. The van der Waals surface area contributed by atoms with Crippen molar-refractivity contribution in [1.82, 2.24) is 19.9 Å². The van der Waals surface area contributed by atoms with Gasteiger partial charge in [0.2, 0.25) is 0 Å². The second-order valence-electron chi connectivity index (χ2n) is 30.5. The molecule has 0 bridgehead atoms. The first-order chi connectivity index (χ1) is 44.8. The summed E-state index contributed by atoms with van der Waals surface area (Å²) in [5.74, 6) is 6.13. The van der Waals surface area contributed by atoms with Gasteiger partial charge in [-0.1, -0.05) is 187 Å². The summed E-state index contributed by atoms with van der Waals surface area (Å²) in [4.78, 5) is 20.4. The van der Waals surface area contributed by atoms with Crippen LogP contribution in [0.15, 0.2) is 77.5 Å². The molecule has 3 aromatic heterocycles. The Morgan fingerprint density at radius 2 is 0.948 bits per heavy atom. The molecule has 6 nitrogen and oxygen atoms in total. The maximum absolute atomic E-state index is 5.27. The van der Waals surface area contributed by atoms with E-state index in [0.717, 1.165) is 30.2 Å². The third kappa shape index (κ3) is 32.7. The Hall–Kier alpha value is -4.01. The van der Waals surface area contributed by atoms with Crippen LogP contribution in [-0.2, 0) is 37.4 Å². The Morgan fingerprint density at radius 3 is 1.30 bits per heavy atom. The molecule has 1 saturated heterocycles. The fourth-order valence-electron chi connectivity index (χ4n) is 12.8. The molecule has 0 N–H and O–H groups in total. The van der Waals surface area contributed by atoms with Crippen molar-refractivity contribution in [3.63, 3.8) is 0 Å². The number of thioether (sulfide) groups is 1. The standard InChI is InChI=1S/C13H19.3C12H19N.C9H16.C8H17N.C8H12O.C8H12S.C7H11N.Y/c1-8(2)13-11(5)9(3)7-10(4)12(13)6;1-7(2)12-8(3)10(5)13-11(6)9(12)4;1-7(2)12-9(4)8(3)10(5)13-11(12)6;1-7(2)12-10(5)8(3)9(4)11(6)13-12;2*1-8(2)9-6-4-3-5-7-9;2*1-7(2)8-5-3-4-6-9-8;1-6(2)7-4-3-5-8-7;/h8H,1-6H3;3*7H,1-6H3;3-4,8-9H,5-7H2,1-2H3;8H,3-7H2,1-2H3;2*3-8H,1-2H3;3,5-6H,4H2,1-2H3;/q-1;;;;;;;;;. The predicted octanol–water partition coefficient (Wildman–Crippen LogP) is 26.0. The number of aryl methyl sites for hydroxylation is 7. The van der Waals surface area contributed by atoms with E-state index < -0.39 is 0 Å². The SMILES string of the molecule is CC(C)C1=NC=CC1.CC(C)C1C=CC=CO1.CC(C)C1C=CC=CS1.CC(C)C1CC=CCC1.CC(C)N1CCCCC1.Cc1[c-]c(C)c(C)c(C(C)C)c1C.Cc1nc(C(C)C)c(C)c(C)c1C.Cc1nc(C)c(C(C)C)c(C)c1C.Cc1nc(C)c(C)c(C(C)C)c1C.[Y]. The van der Waals surface area contributed by atoms with Gasteiger partial charge < -0.3 is 9.64 Å². The van der Waals surface area contributed by atoms with Crippen LogP contribution in [0, 0.1) is 146 Å². The van der Waals surface area contributed by atoms with Gasteiger partial charge in [0.05, 0.1) is 6.26 Å². The number of allylic oxidation sites excluding steroid dienone is 7. The van der Waals surface area contributed by atoms with E-state index in [1.54, 1.807) is 6.26 Å². The van der Waals surface area contributed by atoms with E-state index in [-0.39, 0.29) is 38.8 Å². The van der Waals surface area contributed by atoms with E-state index in [9.17, 15) is 0 Å². The zero-order chi connectivity index (χ0) is 73.4. The first kappa shape index (κ1) is 93.0. The molecular formula is C89H144N5OSY-. The normalized spacial score (nSPS) is 16.6. The minimum absolute atomic E-state index is 0. The Kier molecular flexibility index (Phi) is 46.0. The number of benzene rings is 1. The molecule has 9 rings (SSSR count). The summed E-state index contributed by atoms with van der Waals surface area (Å²) in [5, 5.41) is 2.86. The summed E-state index contributed by atoms with van der Waals surface area (Å²) >= 11 is 1.90. The zero-order valence-electron chi connectivity index (χ0n) is 68.9. The van der Waals surface area contributed by atoms with Crippen molar-refractivity contribution in [2.75, 3.05) is 13.1 Å². The van der Waals surface area contributed by atoms with Gasteiger partial charge in [0.15, 0.2) is 0 Å². The van der Waals surface area contributed by atoms with Crippen molar-refractivity contribution in [2.45, 2.75) is 321 Å². The second kappa shape index (κ2) is 48.0. The topological polar surface area (TPSA) is 63.5 Å². The van der Waals surface area contributed by atoms with Gasteiger partial charge in [-0.3, -0.25) is 19.9 Å². The molecule has 97 heavy (non-hydrogen) atoms. The van der Waals surface area contributed by atoms with Gasteiger partial charge in [0.1, 0.15) is 6.10 Å². The molecule has 4 aromatic rings. The van der Waals surface area contributed by atoms with Crippen molar-refractivity contribution >= 4 is 17.5 Å². The first-order valence-corrected chi connectivity index (χ1v) is 38.2. The Balaban J connectivity index is 0.00000107. The van der Waals surface area contributed by atoms with Crippen molar-refractivity contribution in [2.24, 2.45) is 34.6 Å². The summed E-state index contributed by atoms with van der Waals surface area (Å²) in [6.07, 6.45) is 32.5. The number of rotatable bonds is 9. The smallest absolute Gasteiger partial charge is 0.118 e. The van der Waals surface area contributed by atoms with Crippen LogP contribution >= 0.6 is 11.8 Å². The third-order valence-electron chi connectivity index (χ3n) is 19.9. The molecule has 1 radical (unpaired) electrons. The average Bonchev–Trinajstić information content (AvgIpc) is 1.13. The van der Waals surface area contributed by atoms with Gasteiger partial charge in [-0.15, -0.1) is 17.3 Å². The van der Waals surface area contributed by atoms with Crippen molar-refractivity contribution in [3.8, 4) is 0 Å². The number of pyridine rings is 3. The van der Waals surface area contributed by atoms with Crippen LogP contribution in [-0.4, -0.2) is 56.0 Å². The summed E-state index contributed by atoms with van der Waals surface area (Å²) < 4.78 is 5.27. The predicted molar refractivity (Wildman–Crippen MR) is 431 cm³/mol. The molecule has 541 valence electrons. The van der Waals surface area contributed by atoms with Crippen LogP contribution in [0.1, 0.15) is 305 Å². The van der Waals surface area contributed by atoms with Gasteiger partial charge in [-0.2, -0.15) is 28.3 Å². The van der Waals surface area contributed by atoms with Crippen molar-refractivity contribution in [3.05, 3.63) is 191 Å². The summed E-state index contributed by atoms with van der Waals surface area (Å²) in [7, 11) is 0. The molecule has 0 amide bonds. The van der Waals surface area contributed by atoms with Crippen molar-refractivity contribution < 1.29 is 37.4 Å². The first-order valence-electron chi connectivity index (χ1n) is 37.2. The van der Waals surface area contributed by atoms with E-state index in [1.807, 2.05) is 30.1 Å². The van der Waals surface area contributed by atoms with E-state index in [2.05, 4.69) is 314 Å². The number of hydrogen-bond acceptors (Lipinski definition) is 7. The van der Waals surface area contributed by atoms with Gasteiger partial charge in [-0.05, 0) is 263 Å². The Morgan fingerprint density at radius 1 is 0.454 bits per heavy atom. The number of ether oxygens (including phenoxy) is 1. The Bertz CT molecular complexity index is 3020. The van der Waals surface area contributed by atoms with Crippen LogP contribution in [0.4, 0.5) is 0 Å². The fraction of sp³-hybridized carbons (Fsp3) is 0.618. The molecule has 8 heteroatoms. The molecule has 3 atom stereocenters. The molecule has 0 saturated carbocycles. The molecule has 5 aliphatic rings. The number of nitrogens with zero attached hydrogens (tertiary/aromatic N) is 5. The molecule has 3 unspecified atom stereocenters. The van der Waals surface area contributed by atoms with Crippen LogP contribution in [0.5, 0.6) is 0 Å². The largest absolute Gasteiger partial charge is 0.494 e. The molecule has 0 spiro atoms. The van der Waals surface area contributed by atoms with Crippen LogP contribution in [0.25, 0.3) is 0 Å². The Labute approximate surface area is 629 Å². The number of piperidine rings is 1. The zero-order valence-corrected chi connectivity index (χ0v) is 72.5. The molecular weight excluding hydrogens is 1280 g/mol. The fourth-order valence-corrected chi connectivity index (χ4v) is 13.7. The number of aromatic nitrogens is 3. The van der Waals surface area contributed by atoms with Gasteiger partial charge in [0, 0.05) is 96.5 Å². The van der Waals surface area contributed by atoms with Crippen molar-refractivity contribution in [1.29, 1.82) is 0 Å². The van der Waals surface area contributed by atoms with Crippen LogP contribution < -0.4 is 0 Å². The van der Waals surface area contributed by atoms with E-state index in [4.69, 9.17) is 4.74 Å². The molecule has 1 aromatic carbocycles. The molecule has 1 aliphatic carbocycles. The van der Waals surface area contributed by atoms with Gasteiger partial charge >= 0.3 is 0 Å². The van der Waals surface area contributed by atoms with E-state index >= 15 is 0 Å². The summed E-state index contributed by atoms with van der Waals surface area (Å²) in [5.41, 5.74) is 27.8.